The van der Waals surface area contributed by atoms with Crippen molar-refractivity contribution in [3.63, 3.8) is 0 Å². The van der Waals surface area contributed by atoms with Gasteiger partial charge in [0, 0.05) is 5.92 Å². The van der Waals surface area contributed by atoms with Crippen molar-refractivity contribution in [3.05, 3.63) is 29.8 Å². The van der Waals surface area contributed by atoms with Crippen LogP contribution in [0.3, 0.4) is 0 Å². The minimum absolute atomic E-state index is 0.00192. The molecule has 0 amide bonds. The lowest BCUT2D eigenvalue weighted by Crippen LogP contribution is -2.41. The lowest BCUT2D eigenvalue weighted by molar-refractivity contribution is 0.00578. The third-order valence-electron chi connectivity index (χ3n) is 5.34. The standard InChI is InChI=1S/C17H26BNO5S/c1-16(2)17(3,4)24-18(23-16)13-8-6-12(7-9-13)14-10-22-11-15(14)19-25(5,20)21/h6-9,14-15,19H,10-11H2,1-5H3. The molecule has 2 unspecified atom stereocenters. The zero-order valence-corrected chi connectivity index (χ0v) is 16.2. The van der Waals surface area contributed by atoms with E-state index >= 15 is 0 Å². The van der Waals surface area contributed by atoms with Crippen LogP contribution in [0.15, 0.2) is 24.3 Å². The van der Waals surface area contributed by atoms with Gasteiger partial charge in [0.2, 0.25) is 10.0 Å². The van der Waals surface area contributed by atoms with Crippen LogP contribution in [0.1, 0.15) is 39.2 Å². The van der Waals surface area contributed by atoms with Crippen LogP contribution in [-0.2, 0) is 24.1 Å². The van der Waals surface area contributed by atoms with E-state index in [2.05, 4.69) is 4.72 Å². The van der Waals surface area contributed by atoms with E-state index in [1.807, 2.05) is 52.0 Å². The quantitative estimate of drug-likeness (QED) is 0.805. The third-order valence-corrected chi connectivity index (χ3v) is 6.07. The summed E-state index contributed by atoms with van der Waals surface area (Å²) in [6.07, 6.45) is 1.17. The van der Waals surface area contributed by atoms with Gasteiger partial charge in [-0.3, -0.25) is 0 Å². The van der Waals surface area contributed by atoms with Crippen LogP contribution < -0.4 is 10.2 Å². The molecule has 2 fully saturated rings. The fraction of sp³-hybridized carbons (Fsp3) is 0.647. The van der Waals surface area contributed by atoms with E-state index in [1.165, 1.54) is 6.26 Å². The number of hydrogen-bond donors (Lipinski definition) is 1. The molecule has 0 saturated carbocycles. The third kappa shape index (κ3) is 3.93. The summed E-state index contributed by atoms with van der Waals surface area (Å²) in [5, 5.41) is 0. The van der Waals surface area contributed by atoms with Gasteiger partial charge in [0.15, 0.2) is 0 Å². The van der Waals surface area contributed by atoms with Crippen molar-refractivity contribution in [2.45, 2.75) is 50.9 Å². The van der Waals surface area contributed by atoms with Crippen molar-refractivity contribution >= 4 is 22.6 Å². The minimum Gasteiger partial charge on any atom is -0.399 e. The molecule has 0 radical (unpaired) electrons. The highest BCUT2D eigenvalue weighted by Crippen LogP contribution is 2.36. The molecule has 0 aliphatic carbocycles. The zero-order valence-electron chi connectivity index (χ0n) is 15.4. The number of benzene rings is 1. The maximum Gasteiger partial charge on any atom is 0.494 e. The molecule has 2 atom stereocenters. The highest BCUT2D eigenvalue weighted by molar-refractivity contribution is 7.88. The Balaban J connectivity index is 1.75. The summed E-state index contributed by atoms with van der Waals surface area (Å²) in [5.41, 5.74) is 1.24. The molecule has 6 nitrogen and oxygen atoms in total. The maximum atomic E-state index is 11.5. The molecular weight excluding hydrogens is 341 g/mol. The molecule has 138 valence electrons. The molecule has 2 saturated heterocycles. The van der Waals surface area contributed by atoms with Gasteiger partial charge < -0.3 is 14.0 Å². The molecule has 8 heteroatoms. The van der Waals surface area contributed by atoms with Gasteiger partial charge in [-0.2, -0.15) is 0 Å². The Morgan fingerprint density at radius 2 is 1.60 bits per heavy atom. The van der Waals surface area contributed by atoms with Crippen LogP contribution in [-0.4, -0.2) is 52.2 Å². The van der Waals surface area contributed by atoms with Crippen molar-refractivity contribution < 1.29 is 22.5 Å². The van der Waals surface area contributed by atoms with Gasteiger partial charge in [0.25, 0.3) is 0 Å². The van der Waals surface area contributed by atoms with Gasteiger partial charge in [-0.25, -0.2) is 13.1 Å². The SMILES string of the molecule is CC1(C)OB(c2ccc(C3COCC3NS(C)(=O)=O)cc2)OC1(C)C. The van der Waals surface area contributed by atoms with Crippen LogP contribution in [0.2, 0.25) is 0 Å². The Labute approximate surface area is 150 Å². The Hall–Kier alpha value is -0.925. The van der Waals surface area contributed by atoms with Crippen LogP contribution in [0.4, 0.5) is 0 Å². The number of hydrogen-bond acceptors (Lipinski definition) is 5. The van der Waals surface area contributed by atoms with Crippen molar-refractivity contribution in [2.24, 2.45) is 0 Å². The molecule has 1 aromatic rings. The molecule has 1 N–H and O–H groups in total. The Kier molecular flexibility index (Phi) is 4.79. The summed E-state index contributed by atoms with van der Waals surface area (Å²) in [6.45, 7) is 8.99. The van der Waals surface area contributed by atoms with Gasteiger partial charge in [-0.05, 0) is 38.7 Å². The lowest BCUT2D eigenvalue weighted by atomic mass is 9.78. The Morgan fingerprint density at radius 1 is 1.04 bits per heavy atom. The smallest absolute Gasteiger partial charge is 0.399 e. The van der Waals surface area contributed by atoms with E-state index in [0.717, 1.165) is 11.0 Å². The average Bonchev–Trinajstić information content (AvgIpc) is 3.00. The molecule has 25 heavy (non-hydrogen) atoms. The van der Waals surface area contributed by atoms with Gasteiger partial charge in [-0.1, -0.05) is 24.3 Å². The highest BCUT2D eigenvalue weighted by Gasteiger charge is 2.51. The lowest BCUT2D eigenvalue weighted by Gasteiger charge is -2.32. The van der Waals surface area contributed by atoms with E-state index < -0.39 is 17.1 Å². The second-order valence-electron chi connectivity index (χ2n) is 7.90. The second kappa shape index (κ2) is 6.35. The molecule has 0 spiro atoms. The second-order valence-corrected chi connectivity index (χ2v) is 9.68. The van der Waals surface area contributed by atoms with Crippen LogP contribution in [0.25, 0.3) is 0 Å². The number of rotatable bonds is 4. The van der Waals surface area contributed by atoms with Crippen LogP contribution >= 0.6 is 0 Å². The van der Waals surface area contributed by atoms with Crippen LogP contribution in [0.5, 0.6) is 0 Å². The monoisotopic (exact) mass is 367 g/mol. The van der Waals surface area contributed by atoms with Crippen molar-refractivity contribution in [1.29, 1.82) is 0 Å². The first-order chi connectivity index (χ1) is 11.5. The van der Waals surface area contributed by atoms with Gasteiger partial charge in [-0.15, -0.1) is 0 Å². The summed E-state index contributed by atoms with van der Waals surface area (Å²) in [7, 11) is -3.66. The first-order valence-corrected chi connectivity index (χ1v) is 10.4. The number of ether oxygens (including phenoxy) is 1. The first-order valence-electron chi connectivity index (χ1n) is 8.49. The van der Waals surface area contributed by atoms with Crippen molar-refractivity contribution in [1.82, 2.24) is 4.72 Å². The molecule has 0 aromatic heterocycles. The zero-order chi connectivity index (χ0) is 18.5. The number of nitrogens with one attached hydrogen (secondary N) is 1. The largest absolute Gasteiger partial charge is 0.494 e. The predicted octanol–water partition coefficient (Wildman–Crippen LogP) is 1.02. The average molecular weight is 367 g/mol. The minimum atomic E-state index is -3.27. The summed E-state index contributed by atoms with van der Waals surface area (Å²) in [6, 6.07) is 7.71. The highest BCUT2D eigenvalue weighted by atomic mass is 32.2. The summed E-state index contributed by atoms with van der Waals surface area (Å²) in [4.78, 5) is 0. The van der Waals surface area contributed by atoms with Crippen molar-refractivity contribution in [2.75, 3.05) is 19.5 Å². The predicted molar refractivity (Wildman–Crippen MR) is 97.5 cm³/mol. The molecule has 2 aliphatic rings. The topological polar surface area (TPSA) is 73.9 Å². The molecule has 0 bridgehead atoms. The summed E-state index contributed by atoms with van der Waals surface area (Å²) < 4.78 is 43.3. The van der Waals surface area contributed by atoms with Gasteiger partial charge in [0.1, 0.15) is 0 Å². The van der Waals surface area contributed by atoms with Gasteiger partial charge >= 0.3 is 7.12 Å². The molecule has 1 aromatic carbocycles. The fourth-order valence-corrected chi connectivity index (χ4v) is 3.94. The Morgan fingerprint density at radius 3 is 2.12 bits per heavy atom. The fourth-order valence-electron chi connectivity index (χ4n) is 3.15. The molecule has 3 rings (SSSR count). The summed E-state index contributed by atoms with van der Waals surface area (Å²) in [5.74, 6) is 0.00192. The maximum absolute atomic E-state index is 11.5. The van der Waals surface area contributed by atoms with Crippen LogP contribution in [0, 0.1) is 0 Å². The van der Waals surface area contributed by atoms with E-state index in [0.29, 0.717) is 13.2 Å². The van der Waals surface area contributed by atoms with Crippen molar-refractivity contribution in [3.8, 4) is 0 Å². The molecule has 2 aliphatic heterocycles. The molecule has 2 heterocycles. The first kappa shape index (κ1) is 18.9. The summed E-state index contributed by atoms with van der Waals surface area (Å²) >= 11 is 0. The normalized spacial score (nSPS) is 28.4. The number of sulfonamides is 1. The van der Waals surface area contributed by atoms with Gasteiger partial charge in [0.05, 0.1) is 36.7 Å². The Bertz CT molecular complexity index is 716. The van der Waals surface area contributed by atoms with E-state index in [1.54, 1.807) is 0 Å². The van der Waals surface area contributed by atoms with E-state index in [4.69, 9.17) is 14.0 Å². The molecular formula is C17H26BNO5S. The van der Waals surface area contributed by atoms with E-state index in [-0.39, 0.29) is 23.2 Å². The van der Waals surface area contributed by atoms with E-state index in [9.17, 15) is 8.42 Å².